The molecule has 88 valence electrons. The molecule has 3 nitrogen and oxygen atoms in total. The van der Waals surface area contributed by atoms with E-state index in [0.717, 1.165) is 5.56 Å². The van der Waals surface area contributed by atoms with Crippen molar-refractivity contribution in [2.45, 2.75) is 32.9 Å². The quantitative estimate of drug-likeness (QED) is 0.843. The molecule has 0 saturated heterocycles. The highest BCUT2D eigenvalue weighted by Gasteiger charge is 2.22. The predicted octanol–water partition coefficient (Wildman–Crippen LogP) is 1.94. The van der Waals surface area contributed by atoms with Crippen molar-refractivity contribution in [3.8, 4) is 0 Å². The van der Waals surface area contributed by atoms with Crippen molar-refractivity contribution in [3.05, 3.63) is 35.9 Å². The van der Waals surface area contributed by atoms with Crippen LogP contribution in [0.3, 0.4) is 0 Å². The Morgan fingerprint density at radius 3 is 2.31 bits per heavy atom. The smallest absolute Gasteiger partial charge is 0.244 e. The number of amides is 1. The first-order valence-electron chi connectivity index (χ1n) is 5.69. The summed E-state index contributed by atoms with van der Waals surface area (Å²) in [6.07, 6.45) is 0. The third-order valence-electron chi connectivity index (χ3n) is 2.67. The zero-order valence-electron chi connectivity index (χ0n) is 10.2. The van der Waals surface area contributed by atoms with Crippen LogP contribution >= 0.6 is 0 Å². The SMILES string of the molecule is CCN(C(=O)[C@H](N)c1ccccc1)C(C)C. The van der Waals surface area contributed by atoms with Gasteiger partial charge in [0.25, 0.3) is 0 Å². The Morgan fingerprint density at radius 2 is 1.88 bits per heavy atom. The summed E-state index contributed by atoms with van der Waals surface area (Å²) in [4.78, 5) is 13.9. The lowest BCUT2D eigenvalue weighted by atomic mass is 10.1. The molecular weight excluding hydrogens is 200 g/mol. The van der Waals surface area contributed by atoms with Crippen LogP contribution in [0, 0.1) is 0 Å². The molecule has 16 heavy (non-hydrogen) atoms. The average molecular weight is 220 g/mol. The van der Waals surface area contributed by atoms with Crippen molar-refractivity contribution in [2.24, 2.45) is 5.73 Å². The molecule has 0 unspecified atom stereocenters. The van der Waals surface area contributed by atoms with E-state index in [9.17, 15) is 4.79 Å². The fourth-order valence-electron chi connectivity index (χ4n) is 1.76. The summed E-state index contributed by atoms with van der Waals surface area (Å²) in [7, 11) is 0. The second kappa shape index (κ2) is 5.66. The highest BCUT2D eigenvalue weighted by Crippen LogP contribution is 2.14. The number of carbonyl (C=O) groups excluding carboxylic acids is 1. The van der Waals surface area contributed by atoms with E-state index in [1.54, 1.807) is 4.90 Å². The van der Waals surface area contributed by atoms with E-state index in [1.165, 1.54) is 0 Å². The number of hydrogen-bond acceptors (Lipinski definition) is 2. The maximum Gasteiger partial charge on any atom is 0.244 e. The molecule has 0 aliphatic rings. The first kappa shape index (κ1) is 12.7. The Labute approximate surface area is 97.2 Å². The van der Waals surface area contributed by atoms with Gasteiger partial charge in [0, 0.05) is 12.6 Å². The molecule has 3 heteroatoms. The van der Waals surface area contributed by atoms with E-state index in [2.05, 4.69) is 0 Å². The summed E-state index contributed by atoms with van der Waals surface area (Å²) < 4.78 is 0. The molecule has 1 amide bonds. The lowest BCUT2D eigenvalue weighted by molar-refractivity contribution is -0.134. The molecule has 0 aliphatic heterocycles. The van der Waals surface area contributed by atoms with E-state index in [4.69, 9.17) is 5.73 Å². The second-order valence-electron chi connectivity index (χ2n) is 4.11. The normalized spacial score (nSPS) is 12.6. The van der Waals surface area contributed by atoms with Crippen LogP contribution in [0.5, 0.6) is 0 Å². The summed E-state index contributed by atoms with van der Waals surface area (Å²) in [5, 5.41) is 0. The Hall–Kier alpha value is -1.35. The molecule has 0 aromatic heterocycles. The third kappa shape index (κ3) is 2.83. The van der Waals surface area contributed by atoms with Gasteiger partial charge >= 0.3 is 0 Å². The van der Waals surface area contributed by atoms with Gasteiger partial charge in [-0.3, -0.25) is 4.79 Å². The number of benzene rings is 1. The molecule has 0 radical (unpaired) electrons. The van der Waals surface area contributed by atoms with Crippen molar-refractivity contribution in [1.82, 2.24) is 4.90 Å². The first-order valence-corrected chi connectivity index (χ1v) is 5.69. The molecule has 0 spiro atoms. The monoisotopic (exact) mass is 220 g/mol. The molecule has 0 saturated carbocycles. The van der Waals surface area contributed by atoms with Crippen molar-refractivity contribution in [1.29, 1.82) is 0 Å². The van der Waals surface area contributed by atoms with E-state index < -0.39 is 6.04 Å². The Bertz CT molecular complexity index is 335. The molecule has 1 rings (SSSR count). The fraction of sp³-hybridized carbons (Fsp3) is 0.462. The number of rotatable bonds is 4. The topological polar surface area (TPSA) is 46.3 Å². The van der Waals surface area contributed by atoms with Gasteiger partial charge in [-0.05, 0) is 26.3 Å². The maximum absolute atomic E-state index is 12.1. The second-order valence-corrected chi connectivity index (χ2v) is 4.11. The van der Waals surface area contributed by atoms with Gasteiger partial charge in [-0.1, -0.05) is 30.3 Å². The van der Waals surface area contributed by atoms with E-state index in [0.29, 0.717) is 6.54 Å². The Balaban J connectivity index is 2.81. The minimum Gasteiger partial charge on any atom is -0.339 e. The van der Waals surface area contributed by atoms with Crippen molar-refractivity contribution < 1.29 is 4.79 Å². The third-order valence-corrected chi connectivity index (χ3v) is 2.67. The van der Waals surface area contributed by atoms with Gasteiger partial charge in [0.2, 0.25) is 5.91 Å². The molecule has 0 heterocycles. The average Bonchev–Trinajstić information content (AvgIpc) is 2.29. The number of nitrogens with zero attached hydrogens (tertiary/aromatic N) is 1. The van der Waals surface area contributed by atoms with Gasteiger partial charge in [-0.2, -0.15) is 0 Å². The maximum atomic E-state index is 12.1. The van der Waals surface area contributed by atoms with Crippen LogP contribution in [0.15, 0.2) is 30.3 Å². The van der Waals surface area contributed by atoms with E-state index >= 15 is 0 Å². The Morgan fingerprint density at radius 1 is 1.31 bits per heavy atom. The van der Waals surface area contributed by atoms with Gasteiger partial charge in [0.05, 0.1) is 0 Å². The van der Waals surface area contributed by atoms with Gasteiger partial charge in [0.15, 0.2) is 0 Å². The van der Waals surface area contributed by atoms with Crippen LogP contribution in [0.1, 0.15) is 32.4 Å². The standard InChI is InChI=1S/C13H20N2O/c1-4-15(10(2)3)13(16)12(14)11-8-6-5-7-9-11/h5-10,12H,4,14H2,1-3H3/t12-/m1/s1. The van der Waals surface area contributed by atoms with E-state index in [-0.39, 0.29) is 11.9 Å². The first-order chi connectivity index (χ1) is 7.57. The molecule has 0 aliphatic carbocycles. The molecule has 0 fully saturated rings. The predicted molar refractivity (Wildman–Crippen MR) is 65.9 cm³/mol. The Kier molecular flexibility index (Phi) is 4.50. The minimum atomic E-state index is -0.552. The summed E-state index contributed by atoms with van der Waals surface area (Å²) in [5.41, 5.74) is 6.83. The number of hydrogen-bond donors (Lipinski definition) is 1. The molecular formula is C13H20N2O. The number of nitrogens with two attached hydrogens (primary N) is 1. The molecule has 1 aromatic rings. The molecule has 0 bridgehead atoms. The van der Waals surface area contributed by atoms with Gasteiger partial charge in [0.1, 0.15) is 6.04 Å². The van der Waals surface area contributed by atoms with Crippen LogP contribution in [-0.4, -0.2) is 23.4 Å². The summed E-state index contributed by atoms with van der Waals surface area (Å²) in [5.74, 6) is -0.0105. The van der Waals surface area contributed by atoms with Gasteiger partial charge < -0.3 is 10.6 Å². The van der Waals surface area contributed by atoms with Crippen LogP contribution in [-0.2, 0) is 4.79 Å². The van der Waals surface area contributed by atoms with Crippen molar-refractivity contribution >= 4 is 5.91 Å². The van der Waals surface area contributed by atoms with Crippen molar-refractivity contribution in [3.63, 3.8) is 0 Å². The lowest BCUT2D eigenvalue weighted by Gasteiger charge is -2.28. The van der Waals surface area contributed by atoms with Gasteiger partial charge in [-0.25, -0.2) is 0 Å². The zero-order chi connectivity index (χ0) is 12.1. The number of likely N-dealkylation sites (N-methyl/N-ethyl adjacent to an activating group) is 1. The highest BCUT2D eigenvalue weighted by molar-refractivity contribution is 5.83. The van der Waals surface area contributed by atoms with Crippen LogP contribution in [0.2, 0.25) is 0 Å². The molecule has 2 N–H and O–H groups in total. The summed E-state index contributed by atoms with van der Waals surface area (Å²) in [6, 6.07) is 9.12. The lowest BCUT2D eigenvalue weighted by Crippen LogP contribution is -2.42. The number of carbonyl (C=O) groups is 1. The van der Waals surface area contributed by atoms with Crippen LogP contribution in [0.25, 0.3) is 0 Å². The fourth-order valence-corrected chi connectivity index (χ4v) is 1.76. The van der Waals surface area contributed by atoms with Gasteiger partial charge in [-0.15, -0.1) is 0 Å². The zero-order valence-corrected chi connectivity index (χ0v) is 10.2. The molecule has 1 atom stereocenters. The summed E-state index contributed by atoms with van der Waals surface area (Å²) >= 11 is 0. The highest BCUT2D eigenvalue weighted by atomic mass is 16.2. The van der Waals surface area contributed by atoms with E-state index in [1.807, 2.05) is 51.1 Å². The molecule has 1 aromatic carbocycles. The van der Waals surface area contributed by atoms with Crippen LogP contribution < -0.4 is 5.73 Å². The largest absolute Gasteiger partial charge is 0.339 e. The summed E-state index contributed by atoms with van der Waals surface area (Å²) in [6.45, 7) is 6.66. The van der Waals surface area contributed by atoms with Crippen molar-refractivity contribution in [2.75, 3.05) is 6.54 Å². The minimum absolute atomic E-state index is 0.0105. The van der Waals surface area contributed by atoms with Crippen LogP contribution in [0.4, 0.5) is 0 Å².